The molecule has 0 heteroatoms. The minimum atomic E-state index is 0.929. The van der Waals surface area contributed by atoms with Crippen molar-refractivity contribution in [3.05, 3.63) is 11.6 Å². The maximum Gasteiger partial charge on any atom is -0.0206 e. The Morgan fingerprint density at radius 3 is 3.00 bits per heavy atom. The van der Waals surface area contributed by atoms with E-state index in [0.717, 1.165) is 5.92 Å². The topological polar surface area (TPSA) is 0 Å². The van der Waals surface area contributed by atoms with Gasteiger partial charge in [0.1, 0.15) is 0 Å². The Morgan fingerprint density at radius 2 is 2.40 bits per heavy atom. The summed E-state index contributed by atoms with van der Waals surface area (Å²) in [4.78, 5) is 0. The second-order valence-electron chi connectivity index (χ2n) is 3.36. The molecule has 1 aliphatic rings. The van der Waals surface area contributed by atoms with Gasteiger partial charge in [0.25, 0.3) is 0 Å². The Balaban J connectivity index is 2.41. The summed E-state index contributed by atoms with van der Waals surface area (Å²) < 4.78 is 0. The van der Waals surface area contributed by atoms with Gasteiger partial charge in [-0.3, -0.25) is 0 Å². The average Bonchev–Trinajstić information content (AvgIpc) is 1.94. The third kappa shape index (κ3) is 1.86. The molecule has 1 rings (SSSR count). The summed E-state index contributed by atoms with van der Waals surface area (Å²) in [6.45, 7) is 4.57. The lowest BCUT2D eigenvalue weighted by molar-refractivity contribution is 0.473. The normalized spacial score (nSPS) is 26.2. The third-order valence-corrected chi connectivity index (χ3v) is 2.50. The zero-order valence-electron chi connectivity index (χ0n) is 7.19. The largest absolute Gasteiger partial charge is 0.0853 e. The zero-order valence-corrected chi connectivity index (χ0v) is 7.19. The monoisotopic (exact) mass is 138 g/mol. The summed E-state index contributed by atoms with van der Waals surface area (Å²) in [6, 6.07) is 0. The van der Waals surface area contributed by atoms with Gasteiger partial charge >= 0.3 is 0 Å². The van der Waals surface area contributed by atoms with Gasteiger partial charge < -0.3 is 0 Å². The minimum Gasteiger partial charge on any atom is -0.0853 e. The smallest absolute Gasteiger partial charge is 0.0206 e. The molecule has 0 aliphatic heterocycles. The van der Waals surface area contributed by atoms with Crippen LogP contribution in [0.4, 0.5) is 0 Å². The van der Waals surface area contributed by atoms with Crippen LogP contribution in [0.3, 0.4) is 0 Å². The van der Waals surface area contributed by atoms with Gasteiger partial charge in [-0.1, -0.05) is 25.0 Å². The van der Waals surface area contributed by atoms with E-state index in [1.807, 2.05) is 0 Å². The van der Waals surface area contributed by atoms with Crippen LogP contribution in [0.1, 0.15) is 46.0 Å². The van der Waals surface area contributed by atoms with Gasteiger partial charge in [-0.2, -0.15) is 0 Å². The summed E-state index contributed by atoms with van der Waals surface area (Å²) in [5, 5.41) is 0. The number of rotatable bonds is 2. The van der Waals surface area contributed by atoms with Crippen molar-refractivity contribution >= 4 is 0 Å². The van der Waals surface area contributed by atoms with Crippen molar-refractivity contribution in [3.63, 3.8) is 0 Å². The zero-order chi connectivity index (χ0) is 7.40. The predicted molar refractivity (Wildman–Crippen MR) is 46.0 cm³/mol. The van der Waals surface area contributed by atoms with Crippen LogP contribution in [0.25, 0.3) is 0 Å². The Hall–Kier alpha value is -0.260. The Labute approximate surface area is 64.3 Å². The fraction of sp³-hybridized carbons (Fsp3) is 0.800. The lowest BCUT2D eigenvalue weighted by Crippen LogP contribution is -2.05. The van der Waals surface area contributed by atoms with Gasteiger partial charge in [-0.25, -0.2) is 0 Å². The molecule has 0 spiro atoms. The lowest BCUT2D eigenvalue weighted by atomic mass is 9.86. The summed E-state index contributed by atoms with van der Waals surface area (Å²) in [7, 11) is 0. The van der Waals surface area contributed by atoms with Crippen LogP contribution in [0.15, 0.2) is 11.6 Å². The van der Waals surface area contributed by atoms with Crippen LogP contribution in [-0.2, 0) is 0 Å². The molecule has 0 aromatic rings. The van der Waals surface area contributed by atoms with Crippen molar-refractivity contribution in [2.24, 2.45) is 5.92 Å². The van der Waals surface area contributed by atoms with E-state index in [0.29, 0.717) is 0 Å². The SMILES string of the molecule is CCCC1CCCC=C1C. The molecule has 0 radical (unpaired) electrons. The molecule has 0 nitrogen and oxygen atoms in total. The maximum atomic E-state index is 2.42. The molecule has 0 bridgehead atoms. The van der Waals surface area contributed by atoms with E-state index in [1.165, 1.54) is 32.1 Å². The van der Waals surface area contributed by atoms with Crippen molar-refractivity contribution in [3.8, 4) is 0 Å². The first-order chi connectivity index (χ1) is 4.84. The quantitative estimate of drug-likeness (QED) is 0.512. The molecule has 0 saturated heterocycles. The van der Waals surface area contributed by atoms with Crippen LogP contribution in [0.5, 0.6) is 0 Å². The molecule has 1 unspecified atom stereocenters. The molecule has 0 saturated carbocycles. The number of hydrogen-bond acceptors (Lipinski definition) is 0. The van der Waals surface area contributed by atoms with E-state index in [9.17, 15) is 0 Å². The molecule has 58 valence electrons. The average molecular weight is 138 g/mol. The van der Waals surface area contributed by atoms with Crippen LogP contribution in [0, 0.1) is 5.92 Å². The summed E-state index contributed by atoms with van der Waals surface area (Å²) in [6.07, 6.45) is 9.35. The highest BCUT2D eigenvalue weighted by atomic mass is 14.2. The molecule has 1 aliphatic carbocycles. The van der Waals surface area contributed by atoms with Gasteiger partial charge in [-0.05, 0) is 38.5 Å². The van der Waals surface area contributed by atoms with Gasteiger partial charge in [-0.15, -0.1) is 0 Å². The first kappa shape index (κ1) is 7.84. The van der Waals surface area contributed by atoms with Crippen molar-refractivity contribution in [2.75, 3.05) is 0 Å². The number of hydrogen-bond donors (Lipinski definition) is 0. The fourth-order valence-electron chi connectivity index (χ4n) is 1.81. The van der Waals surface area contributed by atoms with Crippen molar-refractivity contribution in [1.82, 2.24) is 0 Å². The van der Waals surface area contributed by atoms with E-state index in [2.05, 4.69) is 19.9 Å². The maximum absolute atomic E-state index is 2.42. The van der Waals surface area contributed by atoms with E-state index >= 15 is 0 Å². The molecule has 0 aromatic carbocycles. The summed E-state index contributed by atoms with van der Waals surface area (Å²) in [5.41, 5.74) is 1.65. The van der Waals surface area contributed by atoms with E-state index in [4.69, 9.17) is 0 Å². The molecule has 0 fully saturated rings. The predicted octanol–water partition coefficient (Wildman–Crippen LogP) is 3.53. The summed E-state index contributed by atoms with van der Waals surface area (Å²) >= 11 is 0. The molecule has 0 amide bonds. The van der Waals surface area contributed by atoms with Gasteiger partial charge in [0.05, 0.1) is 0 Å². The highest BCUT2D eigenvalue weighted by Gasteiger charge is 2.12. The minimum absolute atomic E-state index is 0.929. The van der Waals surface area contributed by atoms with Gasteiger partial charge in [0.2, 0.25) is 0 Å². The fourth-order valence-corrected chi connectivity index (χ4v) is 1.81. The van der Waals surface area contributed by atoms with Crippen molar-refractivity contribution in [2.45, 2.75) is 46.0 Å². The van der Waals surface area contributed by atoms with E-state index < -0.39 is 0 Å². The molecule has 0 N–H and O–H groups in total. The van der Waals surface area contributed by atoms with Gasteiger partial charge in [0, 0.05) is 0 Å². The van der Waals surface area contributed by atoms with Crippen LogP contribution in [-0.4, -0.2) is 0 Å². The third-order valence-electron chi connectivity index (χ3n) is 2.50. The van der Waals surface area contributed by atoms with Crippen LogP contribution in [0.2, 0.25) is 0 Å². The van der Waals surface area contributed by atoms with E-state index in [-0.39, 0.29) is 0 Å². The highest BCUT2D eigenvalue weighted by molar-refractivity contribution is 5.06. The first-order valence-corrected chi connectivity index (χ1v) is 4.51. The Morgan fingerprint density at radius 1 is 1.60 bits per heavy atom. The molecule has 0 heterocycles. The number of allylic oxidation sites excluding steroid dienone is 2. The molecule has 0 aromatic heterocycles. The highest BCUT2D eigenvalue weighted by Crippen LogP contribution is 2.27. The second-order valence-corrected chi connectivity index (χ2v) is 3.36. The van der Waals surface area contributed by atoms with Crippen LogP contribution < -0.4 is 0 Å². The standard InChI is InChI=1S/C10H18/c1-3-6-10-8-5-4-7-9(10)2/h7,10H,3-6,8H2,1-2H3. The molecule has 1 atom stereocenters. The molecular formula is C10H18. The lowest BCUT2D eigenvalue weighted by Gasteiger charge is -2.20. The van der Waals surface area contributed by atoms with Crippen LogP contribution >= 0.6 is 0 Å². The van der Waals surface area contributed by atoms with E-state index in [1.54, 1.807) is 5.57 Å². The molecular weight excluding hydrogens is 120 g/mol. The molecule has 10 heavy (non-hydrogen) atoms. The Kier molecular flexibility index (Phi) is 2.98. The van der Waals surface area contributed by atoms with Gasteiger partial charge in [0.15, 0.2) is 0 Å². The second kappa shape index (κ2) is 3.80. The first-order valence-electron chi connectivity index (χ1n) is 4.51. The van der Waals surface area contributed by atoms with Crippen molar-refractivity contribution < 1.29 is 0 Å². The summed E-state index contributed by atoms with van der Waals surface area (Å²) in [5.74, 6) is 0.929. The Bertz CT molecular complexity index is 122. The van der Waals surface area contributed by atoms with Crippen molar-refractivity contribution in [1.29, 1.82) is 0 Å².